The normalized spacial score (nSPS) is 12.9. The molecule has 1 aromatic carbocycles. The lowest BCUT2D eigenvalue weighted by molar-refractivity contribution is 0.0118. The summed E-state index contributed by atoms with van der Waals surface area (Å²) >= 11 is 0. The number of nitrogens with zero attached hydrogens (tertiary/aromatic N) is 1. The minimum atomic E-state index is -3.10. The molecule has 130 valence electrons. The Bertz CT molecular complexity index is 711. The van der Waals surface area contributed by atoms with Crippen molar-refractivity contribution in [3.05, 3.63) is 58.9 Å². The van der Waals surface area contributed by atoms with Gasteiger partial charge in [-0.2, -0.15) is 0 Å². The molecule has 0 fully saturated rings. The number of carbonyl (C=O) groups excluding carboxylic acids is 1. The van der Waals surface area contributed by atoms with Crippen molar-refractivity contribution in [2.75, 3.05) is 13.1 Å². The fourth-order valence-corrected chi connectivity index (χ4v) is 2.86. The van der Waals surface area contributed by atoms with Gasteiger partial charge in [0.1, 0.15) is 0 Å². The molecular weight excluding hydrogens is 312 g/mol. The molecule has 6 heteroatoms. The summed E-state index contributed by atoms with van der Waals surface area (Å²) in [5.74, 6) is -3.61. The van der Waals surface area contributed by atoms with E-state index < -0.39 is 24.9 Å². The van der Waals surface area contributed by atoms with Crippen LogP contribution in [0.3, 0.4) is 0 Å². The lowest BCUT2D eigenvalue weighted by Gasteiger charge is -2.19. The summed E-state index contributed by atoms with van der Waals surface area (Å²) in [5, 5.41) is 2.27. The van der Waals surface area contributed by atoms with E-state index in [4.69, 9.17) is 5.73 Å². The first-order valence-electron chi connectivity index (χ1n) is 7.86. The monoisotopic (exact) mass is 335 g/mol. The zero-order valence-corrected chi connectivity index (χ0v) is 14.1. The first kappa shape index (κ1) is 18.1. The highest BCUT2D eigenvalue weighted by molar-refractivity contribution is 5.95. The molecule has 1 heterocycles. The van der Waals surface area contributed by atoms with Gasteiger partial charge in [-0.25, -0.2) is 8.78 Å². The van der Waals surface area contributed by atoms with Gasteiger partial charge >= 0.3 is 0 Å². The van der Waals surface area contributed by atoms with Gasteiger partial charge in [-0.15, -0.1) is 0 Å². The van der Waals surface area contributed by atoms with Gasteiger partial charge in [-0.1, -0.05) is 30.3 Å². The van der Waals surface area contributed by atoms with Gasteiger partial charge < -0.3 is 15.6 Å². The third kappa shape index (κ3) is 3.82. The zero-order valence-electron chi connectivity index (χ0n) is 14.1. The van der Waals surface area contributed by atoms with E-state index in [0.29, 0.717) is 5.56 Å². The summed E-state index contributed by atoms with van der Waals surface area (Å²) in [6.45, 7) is 4.21. The molecule has 1 aromatic heterocycles. The molecular formula is C18H23F2N3O. The molecule has 0 bridgehead atoms. The van der Waals surface area contributed by atoms with Gasteiger partial charge in [0.25, 0.3) is 11.8 Å². The summed E-state index contributed by atoms with van der Waals surface area (Å²) in [6.07, 6.45) is 0. The highest BCUT2D eigenvalue weighted by Crippen LogP contribution is 2.25. The molecule has 1 amide bonds. The number of nitrogens with one attached hydrogen (secondary N) is 1. The van der Waals surface area contributed by atoms with Crippen molar-refractivity contribution in [2.24, 2.45) is 5.73 Å². The Hall–Kier alpha value is -2.21. The van der Waals surface area contributed by atoms with Gasteiger partial charge in [-0.3, -0.25) is 4.79 Å². The van der Waals surface area contributed by atoms with Crippen LogP contribution in [0.25, 0.3) is 0 Å². The second kappa shape index (κ2) is 7.13. The second-order valence-corrected chi connectivity index (χ2v) is 5.98. The van der Waals surface area contributed by atoms with Crippen molar-refractivity contribution in [2.45, 2.75) is 32.7 Å². The Balaban J connectivity index is 2.24. The Labute approximate surface area is 140 Å². The van der Waals surface area contributed by atoms with Crippen molar-refractivity contribution < 1.29 is 13.6 Å². The van der Waals surface area contributed by atoms with Crippen molar-refractivity contribution >= 4 is 5.91 Å². The van der Waals surface area contributed by atoms with Crippen LogP contribution in [0.1, 0.15) is 40.3 Å². The quantitative estimate of drug-likeness (QED) is 0.852. The largest absolute Gasteiger partial charge is 0.346 e. The number of aryl methyl sites for hydroxylation is 1. The number of rotatable bonds is 6. The highest BCUT2D eigenvalue weighted by Gasteiger charge is 2.28. The van der Waals surface area contributed by atoms with E-state index >= 15 is 0 Å². The first-order chi connectivity index (χ1) is 11.3. The molecule has 0 aliphatic rings. The summed E-state index contributed by atoms with van der Waals surface area (Å²) in [6, 6.07) is 11.7. The molecule has 0 spiro atoms. The molecule has 0 saturated heterocycles. The molecule has 24 heavy (non-hydrogen) atoms. The molecule has 1 atom stereocenters. The minimum Gasteiger partial charge on any atom is -0.346 e. The smallest absolute Gasteiger partial charge is 0.277 e. The standard InChI is InChI=1S/C18H23F2N3O/c1-12-9-16(17(24)22-11-18(19,20)10-21)14(3)23(12)13(2)15-7-5-4-6-8-15/h4-9,13H,10-11,21H2,1-3H3,(H,22,24). The predicted octanol–water partition coefficient (Wildman–Crippen LogP) is 3.04. The molecule has 2 aromatic rings. The Kier molecular flexibility index (Phi) is 5.39. The maximum Gasteiger partial charge on any atom is 0.277 e. The summed E-state index contributed by atoms with van der Waals surface area (Å²) < 4.78 is 28.5. The van der Waals surface area contributed by atoms with Crippen LogP contribution >= 0.6 is 0 Å². The lowest BCUT2D eigenvalue weighted by atomic mass is 10.1. The molecule has 0 aliphatic carbocycles. The fourth-order valence-electron chi connectivity index (χ4n) is 2.86. The number of alkyl halides is 2. The molecule has 1 unspecified atom stereocenters. The van der Waals surface area contributed by atoms with E-state index in [-0.39, 0.29) is 6.04 Å². The van der Waals surface area contributed by atoms with Crippen molar-refractivity contribution in [1.29, 1.82) is 0 Å². The van der Waals surface area contributed by atoms with E-state index in [1.165, 1.54) is 0 Å². The van der Waals surface area contributed by atoms with Gasteiger partial charge in [0, 0.05) is 11.4 Å². The van der Waals surface area contributed by atoms with Crippen molar-refractivity contribution in [3.63, 3.8) is 0 Å². The van der Waals surface area contributed by atoms with Gasteiger partial charge in [0.2, 0.25) is 0 Å². The van der Waals surface area contributed by atoms with Crippen LogP contribution in [0, 0.1) is 13.8 Å². The number of hydrogen-bond acceptors (Lipinski definition) is 2. The SMILES string of the molecule is Cc1cc(C(=O)NCC(F)(F)CN)c(C)n1C(C)c1ccccc1. The van der Waals surface area contributed by atoms with Crippen LogP contribution in [0.15, 0.2) is 36.4 Å². The third-order valence-corrected chi connectivity index (χ3v) is 4.20. The van der Waals surface area contributed by atoms with Crippen LogP contribution < -0.4 is 11.1 Å². The van der Waals surface area contributed by atoms with E-state index in [1.54, 1.807) is 6.07 Å². The Morgan fingerprint density at radius 3 is 2.50 bits per heavy atom. The number of nitrogens with two attached hydrogens (primary N) is 1. The average Bonchev–Trinajstić information content (AvgIpc) is 2.87. The molecule has 2 rings (SSSR count). The summed E-state index contributed by atoms with van der Waals surface area (Å²) in [5.41, 5.74) is 8.16. The lowest BCUT2D eigenvalue weighted by Crippen LogP contribution is -2.41. The first-order valence-corrected chi connectivity index (χ1v) is 7.86. The molecule has 0 radical (unpaired) electrons. The van der Waals surface area contributed by atoms with E-state index in [1.807, 2.05) is 55.7 Å². The van der Waals surface area contributed by atoms with Gasteiger partial charge in [0.05, 0.1) is 24.7 Å². The maximum absolute atomic E-state index is 13.2. The fraction of sp³-hybridized carbons (Fsp3) is 0.389. The Morgan fingerprint density at radius 1 is 1.29 bits per heavy atom. The van der Waals surface area contributed by atoms with Crippen LogP contribution in [-0.4, -0.2) is 29.5 Å². The van der Waals surface area contributed by atoms with Crippen LogP contribution in [0.5, 0.6) is 0 Å². The van der Waals surface area contributed by atoms with Crippen LogP contribution in [-0.2, 0) is 0 Å². The third-order valence-electron chi connectivity index (χ3n) is 4.20. The number of benzene rings is 1. The molecule has 0 aliphatic heterocycles. The van der Waals surface area contributed by atoms with Crippen LogP contribution in [0.2, 0.25) is 0 Å². The maximum atomic E-state index is 13.2. The van der Waals surface area contributed by atoms with E-state index in [2.05, 4.69) is 5.32 Å². The molecule has 4 nitrogen and oxygen atoms in total. The molecule has 0 saturated carbocycles. The van der Waals surface area contributed by atoms with Gasteiger partial charge in [-0.05, 0) is 32.4 Å². The van der Waals surface area contributed by atoms with E-state index in [9.17, 15) is 13.6 Å². The predicted molar refractivity (Wildman–Crippen MR) is 90.5 cm³/mol. The number of aromatic nitrogens is 1. The van der Waals surface area contributed by atoms with E-state index in [0.717, 1.165) is 17.0 Å². The number of amides is 1. The number of halogens is 2. The minimum absolute atomic E-state index is 0.0400. The summed E-state index contributed by atoms with van der Waals surface area (Å²) in [4.78, 5) is 12.3. The molecule has 3 N–H and O–H groups in total. The Morgan fingerprint density at radius 2 is 1.92 bits per heavy atom. The zero-order chi connectivity index (χ0) is 17.9. The van der Waals surface area contributed by atoms with Crippen molar-refractivity contribution in [1.82, 2.24) is 9.88 Å². The second-order valence-electron chi connectivity index (χ2n) is 5.98. The average molecular weight is 335 g/mol. The summed E-state index contributed by atoms with van der Waals surface area (Å²) in [7, 11) is 0. The number of hydrogen-bond donors (Lipinski definition) is 2. The van der Waals surface area contributed by atoms with Crippen molar-refractivity contribution in [3.8, 4) is 0 Å². The van der Waals surface area contributed by atoms with Gasteiger partial charge in [0.15, 0.2) is 0 Å². The van der Waals surface area contributed by atoms with Crippen LogP contribution in [0.4, 0.5) is 8.78 Å². The topological polar surface area (TPSA) is 60.1 Å². The number of carbonyl (C=O) groups is 1. The highest BCUT2D eigenvalue weighted by atomic mass is 19.3.